The van der Waals surface area contributed by atoms with Crippen molar-refractivity contribution in [1.82, 2.24) is 15.5 Å². The lowest BCUT2D eigenvalue weighted by molar-refractivity contribution is 0.0322. The number of ether oxygens (including phenoxy) is 2. The summed E-state index contributed by atoms with van der Waals surface area (Å²) in [6.45, 7) is 4.94. The first-order chi connectivity index (χ1) is 14.3. The average molecular weight is 396 g/mol. The Balaban J connectivity index is 1.52. The molecule has 5 N–H and O–H groups in total. The Kier molecular flexibility index (Phi) is 5.89. The third kappa shape index (κ3) is 4.32. The van der Waals surface area contributed by atoms with E-state index < -0.39 is 0 Å². The van der Waals surface area contributed by atoms with Gasteiger partial charge in [-0.05, 0) is 30.3 Å². The van der Waals surface area contributed by atoms with Crippen molar-refractivity contribution < 1.29 is 14.0 Å². The molecule has 0 unspecified atom stereocenters. The van der Waals surface area contributed by atoms with Crippen LogP contribution < -0.4 is 21.8 Å². The van der Waals surface area contributed by atoms with E-state index in [-0.39, 0.29) is 0 Å². The van der Waals surface area contributed by atoms with E-state index in [1.54, 1.807) is 0 Å². The van der Waals surface area contributed by atoms with E-state index in [0.717, 1.165) is 60.6 Å². The molecule has 1 fully saturated rings. The van der Waals surface area contributed by atoms with E-state index in [2.05, 4.69) is 20.6 Å². The number of nitrogens with two attached hydrogens (primary N) is 2. The van der Waals surface area contributed by atoms with Crippen molar-refractivity contribution in [3.8, 4) is 17.1 Å². The highest BCUT2D eigenvalue weighted by atomic mass is 16.5. The fourth-order valence-corrected chi connectivity index (χ4v) is 3.34. The Hall–Kier alpha value is -3.14. The molecule has 3 aromatic rings. The normalized spacial score (nSPS) is 15.6. The van der Waals surface area contributed by atoms with E-state index in [1.165, 1.54) is 0 Å². The first kappa shape index (κ1) is 19.2. The van der Waals surface area contributed by atoms with Gasteiger partial charge in [0.25, 0.3) is 0 Å². The van der Waals surface area contributed by atoms with Crippen LogP contribution in [-0.2, 0) is 4.74 Å². The summed E-state index contributed by atoms with van der Waals surface area (Å²) in [4.78, 5) is 2.33. The van der Waals surface area contributed by atoms with Gasteiger partial charge < -0.3 is 25.3 Å². The smallest absolute Gasteiger partial charge is 0.174 e. The number of hydrogen-bond acceptors (Lipinski definition) is 8. The number of nitrogens with zero attached hydrogens (tertiary/aromatic N) is 3. The number of rotatable bonds is 6. The van der Waals surface area contributed by atoms with Crippen LogP contribution in [0.1, 0.15) is 5.56 Å². The molecule has 0 spiro atoms. The van der Waals surface area contributed by atoms with Crippen LogP contribution in [0.5, 0.6) is 5.75 Å². The van der Waals surface area contributed by atoms with Crippen molar-refractivity contribution in [2.24, 2.45) is 16.8 Å². The second kappa shape index (κ2) is 8.91. The van der Waals surface area contributed by atoms with Crippen LogP contribution in [0.2, 0.25) is 0 Å². The van der Waals surface area contributed by atoms with E-state index in [4.69, 9.17) is 25.7 Å². The molecule has 29 heavy (non-hydrogen) atoms. The summed E-state index contributed by atoms with van der Waals surface area (Å²) in [5.41, 5.74) is 4.83. The van der Waals surface area contributed by atoms with Crippen molar-refractivity contribution >= 4 is 16.7 Å². The third-order valence-electron chi connectivity index (χ3n) is 4.89. The van der Waals surface area contributed by atoms with Gasteiger partial charge in [0.05, 0.1) is 18.6 Å². The van der Waals surface area contributed by atoms with Crippen LogP contribution in [-0.4, -0.2) is 55.3 Å². The van der Waals surface area contributed by atoms with Crippen molar-refractivity contribution in [2.75, 3.05) is 39.5 Å². The summed E-state index contributed by atoms with van der Waals surface area (Å²) >= 11 is 0. The van der Waals surface area contributed by atoms with Gasteiger partial charge in [-0.15, -0.1) is 0 Å². The molecule has 0 radical (unpaired) electrons. The quantitative estimate of drug-likeness (QED) is 0.246. The number of hydrazone groups is 1. The van der Waals surface area contributed by atoms with Gasteiger partial charge in [-0.3, -0.25) is 4.90 Å². The summed E-state index contributed by atoms with van der Waals surface area (Å²) in [5, 5.41) is 8.63. The van der Waals surface area contributed by atoms with E-state index >= 15 is 0 Å². The Labute approximate surface area is 168 Å². The topological polar surface area (TPSA) is 124 Å². The number of benzene rings is 2. The molecule has 0 amide bonds. The predicted octanol–water partition coefficient (Wildman–Crippen LogP) is 1.29. The van der Waals surface area contributed by atoms with Crippen molar-refractivity contribution in [3.63, 3.8) is 0 Å². The van der Waals surface area contributed by atoms with Crippen molar-refractivity contribution in [1.29, 1.82) is 0 Å². The fourth-order valence-electron chi connectivity index (χ4n) is 3.34. The van der Waals surface area contributed by atoms with Crippen molar-refractivity contribution in [3.05, 3.63) is 48.0 Å². The monoisotopic (exact) mass is 396 g/mol. The lowest BCUT2D eigenvalue weighted by atomic mass is 10.1. The molecule has 2 heterocycles. The predicted molar refractivity (Wildman–Crippen MR) is 110 cm³/mol. The molecule has 152 valence electrons. The molecule has 0 atom stereocenters. The molecular formula is C20H24N6O3. The van der Waals surface area contributed by atoms with Crippen LogP contribution >= 0.6 is 0 Å². The van der Waals surface area contributed by atoms with Crippen LogP contribution in [0.3, 0.4) is 0 Å². The van der Waals surface area contributed by atoms with Crippen LogP contribution in [0.4, 0.5) is 0 Å². The number of fused-ring (bicyclic) bond motifs is 1. The van der Waals surface area contributed by atoms with E-state index in [9.17, 15) is 0 Å². The number of morpholine rings is 1. The largest absolute Gasteiger partial charge is 0.492 e. The Morgan fingerprint density at radius 3 is 2.86 bits per heavy atom. The van der Waals surface area contributed by atoms with Crippen LogP contribution in [0.15, 0.2) is 52.1 Å². The summed E-state index contributed by atoms with van der Waals surface area (Å²) < 4.78 is 16.9. The van der Waals surface area contributed by atoms with Gasteiger partial charge in [0.15, 0.2) is 11.6 Å². The molecular weight excluding hydrogens is 372 g/mol. The lowest BCUT2D eigenvalue weighted by Gasteiger charge is -2.26. The highest BCUT2D eigenvalue weighted by molar-refractivity contribution is 6.03. The zero-order valence-corrected chi connectivity index (χ0v) is 16.0. The van der Waals surface area contributed by atoms with Crippen LogP contribution in [0, 0.1) is 0 Å². The Morgan fingerprint density at radius 2 is 2.07 bits per heavy atom. The van der Waals surface area contributed by atoms with Gasteiger partial charge in [-0.1, -0.05) is 17.3 Å². The first-order valence-electron chi connectivity index (χ1n) is 9.46. The molecule has 1 aliphatic heterocycles. The second-order valence-electron chi connectivity index (χ2n) is 6.70. The number of hydrogen-bond donors (Lipinski definition) is 3. The molecule has 9 nitrogen and oxygen atoms in total. The molecule has 0 bridgehead atoms. The number of hydrazine groups is 1. The fraction of sp³-hybridized carbons (Fsp3) is 0.300. The van der Waals surface area contributed by atoms with Gasteiger partial charge >= 0.3 is 0 Å². The van der Waals surface area contributed by atoms with Gasteiger partial charge in [0.2, 0.25) is 0 Å². The van der Waals surface area contributed by atoms with Gasteiger partial charge in [-0.25, -0.2) is 5.84 Å². The minimum Gasteiger partial charge on any atom is -0.492 e. The number of amidine groups is 1. The van der Waals surface area contributed by atoms with E-state index in [1.807, 2.05) is 42.5 Å². The maximum atomic E-state index is 5.95. The highest BCUT2D eigenvalue weighted by Crippen LogP contribution is 2.31. The van der Waals surface area contributed by atoms with Crippen molar-refractivity contribution in [2.45, 2.75) is 0 Å². The molecule has 1 aliphatic rings. The van der Waals surface area contributed by atoms with Gasteiger partial charge in [0, 0.05) is 30.8 Å². The second-order valence-corrected chi connectivity index (χ2v) is 6.70. The number of aromatic nitrogens is 1. The molecule has 4 rings (SSSR count). The third-order valence-corrected chi connectivity index (χ3v) is 4.89. The SMILES string of the molecule is N/N=C(\NN)c1ccc2noc(-c3cccc(OCCN4CCOCC4)c3)c2c1. The highest BCUT2D eigenvalue weighted by Gasteiger charge is 2.14. The Bertz CT molecular complexity index is 997. The summed E-state index contributed by atoms with van der Waals surface area (Å²) in [7, 11) is 0. The zero-order valence-electron chi connectivity index (χ0n) is 16.0. The molecule has 2 aromatic carbocycles. The number of nitrogens with one attached hydrogen (secondary N) is 1. The van der Waals surface area contributed by atoms with Crippen LogP contribution in [0.25, 0.3) is 22.2 Å². The molecule has 1 saturated heterocycles. The Morgan fingerprint density at radius 1 is 1.21 bits per heavy atom. The zero-order chi connectivity index (χ0) is 20.1. The maximum Gasteiger partial charge on any atom is 0.174 e. The molecule has 1 aromatic heterocycles. The maximum absolute atomic E-state index is 5.95. The average Bonchev–Trinajstić information content (AvgIpc) is 3.19. The minimum atomic E-state index is 0.374. The van der Waals surface area contributed by atoms with Gasteiger partial charge in [-0.2, -0.15) is 5.10 Å². The summed E-state index contributed by atoms with van der Waals surface area (Å²) in [5.74, 6) is 12.7. The standard InChI is InChI=1S/C20H24N6O3/c21-23-20(24-22)15-4-5-18-17(13-15)19(29-25-18)14-2-1-3-16(12-14)28-11-8-26-6-9-27-10-7-26/h1-5,12-13H,6-11,21-22H2,(H,23,24). The van der Waals surface area contributed by atoms with Gasteiger partial charge in [0.1, 0.15) is 17.9 Å². The van der Waals surface area contributed by atoms with E-state index in [0.29, 0.717) is 18.2 Å². The first-order valence-corrected chi connectivity index (χ1v) is 9.46. The molecule has 9 heteroatoms. The molecule has 0 saturated carbocycles. The lowest BCUT2D eigenvalue weighted by Crippen LogP contribution is -2.38. The summed E-state index contributed by atoms with van der Waals surface area (Å²) in [6, 6.07) is 13.3. The summed E-state index contributed by atoms with van der Waals surface area (Å²) in [6.07, 6.45) is 0. The minimum absolute atomic E-state index is 0.374. The molecule has 0 aliphatic carbocycles.